The van der Waals surface area contributed by atoms with E-state index in [1.807, 2.05) is 4.98 Å². The molecular formula is C8H9N3O5. The van der Waals surface area contributed by atoms with Crippen LogP contribution in [-0.4, -0.2) is 33.0 Å². The maximum Gasteiger partial charge on any atom is 0.326 e. The third-order valence-corrected chi connectivity index (χ3v) is 1.72. The van der Waals surface area contributed by atoms with Crippen molar-refractivity contribution >= 4 is 11.9 Å². The highest BCUT2D eigenvalue weighted by atomic mass is 16.4. The lowest BCUT2D eigenvalue weighted by Crippen LogP contribution is -2.40. The zero-order chi connectivity index (χ0) is 12.3. The van der Waals surface area contributed by atoms with Gasteiger partial charge in [0.2, 0.25) is 0 Å². The number of aromatic nitrogens is 2. The summed E-state index contributed by atoms with van der Waals surface area (Å²) in [6, 6.07) is -0.249. The van der Waals surface area contributed by atoms with Crippen molar-refractivity contribution in [3.63, 3.8) is 0 Å². The zero-order valence-corrected chi connectivity index (χ0v) is 8.23. The number of aliphatic carboxylic acids is 1. The van der Waals surface area contributed by atoms with Crippen LogP contribution in [0.5, 0.6) is 0 Å². The molecule has 0 aliphatic rings. The molecule has 86 valence electrons. The van der Waals surface area contributed by atoms with Gasteiger partial charge in [0.25, 0.3) is 11.5 Å². The minimum Gasteiger partial charge on any atom is -0.480 e. The van der Waals surface area contributed by atoms with E-state index >= 15 is 0 Å². The molecule has 0 aliphatic heterocycles. The van der Waals surface area contributed by atoms with Crippen molar-refractivity contribution in [3.8, 4) is 0 Å². The summed E-state index contributed by atoms with van der Waals surface area (Å²) in [4.78, 5) is 47.5. The second-order valence-electron chi connectivity index (χ2n) is 3.03. The quantitative estimate of drug-likeness (QED) is 0.487. The van der Waals surface area contributed by atoms with Crippen molar-refractivity contribution in [2.24, 2.45) is 0 Å². The number of nitrogens with one attached hydrogen (secondary N) is 3. The van der Waals surface area contributed by atoms with Crippen molar-refractivity contribution in [1.82, 2.24) is 15.3 Å². The average molecular weight is 227 g/mol. The lowest BCUT2D eigenvalue weighted by Gasteiger charge is -2.08. The molecule has 1 atom stereocenters. The maximum absolute atomic E-state index is 11.4. The zero-order valence-electron chi connectivity index (χ0n) is 8.23. The number of amides is 1. The van der Waals surface area contributed by atoms with Crippen molar-refractivity contribution < 1.29 is 14.7 Å². The van der Waals surface area contributed by atoms with Gasteiger partial charge in [-0.15, -0.1) is 0 Å². The molecule has 0 bridgehead atoms. The van der Waals surface area contributed by atoms with Gasteiger partial charge in [-0.1, -0.05) is 0 Å². The highest BCUT2D eigenvalue weighted by Gasteiger charge is 2.16. The van der Waals surface area contributed by atoms with E-state index in [9.17, 15) is 19.2 Å². The van der Waals surface area contributed by atoms with Gasteiger partial charge < -0.3 is 15.4 Å². The van der Waals surface area contributed by atoms with Gasteiger partial charge in [-0.3, -0.25) is 19.4 Å². The molecule has 4 N–H and O–H groups in total. The molecule has 1 rings (SSSR count). The molecule has 16 heavy (non-hydrogen) atoms. The van der Waals surface area contributed by atoms with Crippen molar-refractivity contribution in [2.45, 2.75) is 13.0 Å². The third-order valence-electron chi connectivity index (χ3n) is 1.72. The Morgan fingerprint density at radius 1 is 1.38 bits per heavy atom. The summed E-state index contributed by atoms with van der Waals surface area (Å²) in [6.45, 7) is 1.26. The van der Waals surface area contributed by atoms with E-state index in [4.69, 9.17) is 5.11 Å². The summed E-state index contributed by atoms with van der Waals surface area (Å²) in [5, 5.41) is 10.6. The van der Waals surface area contributed by atoms with Gasteiger partial charge in [-0.25, -0.2) is 4.79 Å². The molecule has 0 saturated heterocycles. The van der Waals surface area contributed by atoms with E-state index in [0.29, 0.717) is 0 Å². The van der Waals surface area contributed by atoms with Crippen LogP contribution in [0, 0.1) is 0 Å². The minimum atomic E-state index is -1.22. The molecule has 8 heteroatoms. The molecule has 1 amide bonds. The normalized spacial score (nSPS) is 11.8. The summed E-state index contributed by atoms with van der Waals surface area (Å²) in [7, 11) is 0. The van der Waals surface area contributed by atoms with Crippen molar-refractivity contribution in [2.75, 3.05) is 0 Å². The summed E-state index contributed by atoms with van der Waals surface area (Å²) >= 11 is 0. The molecule has 0 saturated carbocycles. The number of carbonyl (C=O) groups is 2. The molecule has 0 fully saturated rings. The number of hydrogen-bond acceptors (Lipinski definition) is 4. The third kappa shape index (κ3) is 2.80. The second kappa shape index (κ2) is 4.43. The molecule has 1 aromatic heterocycles. The van der Waals surface area contributed by atoms with Crippen LogP contribution in [-0.2, 0) is 4.79 Å². The Labute approximate surface area is 88.3 Å². The number of hydrogen-bond donors (Lipinski definition) is 4. The Kier molecular flexibility index (Phi) is 3.24. The number of aromatic amines is 2. The van der Waals surface area contributed by atoms with Gasteiger partial charge in [0.1, 0.15) is 11.7 Å². The van der Waals surface area contributed by atoms with Gasteiger partial charge in [0, 0.05) is 6.07 Å². The highest BCUT2D eigenvalue weighted by molar-refractivity contribution is 5.94. The molecule has 0 unspecified atom stereocenters. The molecule has 1 aromatic rings. The summed E-state index contributed by atoms with van der Waals surface area (Å²) < 4.78 is 0. The Hall–Kier alpha value is -2.38. The van der Waals surface area contributed by atoms with Gasteiger partial charge in [0.05, 0.1) is 0 Å². The lowest BCUT2D eigenvalue weighted by atomic mass is 10.3. The largest absolute Gasteiger partial charge is 0.480 e. The first-order valence-electron chi connectivity index (χ1n) is 4.27. The Morgan fingerprint density at radius 3 is 2.50 bits per heavy atom. The monoisotopic (exact) mass is 227 g/mol. The Balaban J connectivity index is 2.93. The summed E-state index contributed by atoms with van der Waals surface area (Å²) in [5.41, 5.74) is -1.86. The number of carbonyl (C=O) groups excluding carboxylic acids is 1. The topological polar surface area (TPSA) is 132 Å². The van der Waals surface area contributed by atoms with Crippen molar-refractivity contribution in [1.29, 1.82) is 0 Å². The average Bonchev–Trinajstić information content (AvgIpc) is 2.15. The van der Waals surface area contributed by atoms with E-state index < -0.39 is 29.2 Å². The van der Waals surface area contributed by atoms with Crippen LogP contribution in [0.15, 0.2) is 15.7 Å². The number of carboxylic acid groups (broad SMARTS) is 1. The highest BCUT2D eigenvalue weighted by Crippen LogP contribution is 1.88. The van der Waals surface area contributed by atoms with Crippen molar-refractivity contribution in [3.05, 3.63) is 32.6 Å². The molecule has 1 heterocycles. The van der Waals surface area contributed by atoms with Gasteiger partial charge in [-0.2, -0.15) is 0 Å². The standard InChI is InChI=1S/C8H9N3O5/c1-3(7(14)15)9-6(13)4-2-5(12)11-8(16)10-4/h2-3H,1H3,(H,9,13)(H,14,15)(H2,10,11,12,16)/t3-/m1/s1. The molecular weight excluding hydrogens is 218 g/mol. The smallest absolute Gasteiger partial charge is 0.326 e. The van der Waals surface area contributed by atoms with E-state index in [2.05, 4.69) is 10.3 Å². The fourth-order valence-corrected chi connectivity index (χ4v) is 0.927. The molecule has 8 nitrogen and oxygen atoms in total. The van der Waals surface area contributed by atoms with E-state index in [0.717, 1.165) is 6.07 Å². The minimum absolute atomic E-state index is 0.290. The summed E-state index contributed by atoms with van der Waals surface area (Å²) in [5.74, 6) is -2.06. The number of H-pyrrole nitrogens is 2. The fourth-order valence-electron chi connectivity index (χ4n) is 0.927. The van der Waals surface area contributed by atoms with E-state index in [-0.39, 0.29) is 5.69 Å². The maximum atomic E-state index is 11.4. The predicted molar refractivity (Wildman–Crippen MR) is 52.2 cm³/mol. The number of carboxylic acids is 1. The first-order chi connectivity index (χ1) is 7.40. The van der Waals surface area contributed by atoms with Crippen LogP contribution in [0.25, 0.3) is 0 Å². The van der Waals surface area contributed by atoms with E-state index in [1.54, 1.807) is 0 Å². The van der Waals surface area contributed by atoms with Crippen LogP contribution < -0.4 is 16.6 Å². The van der Waals surface area contributed by atoms with Crippen LogP contribution >= 0.6 is 0 Å². The number of rotatable bonds is 3. The van der Waals surface area contributed by atoms with E-state index in [1.165, 1.54) is 6.92 Å². The molecule has 0 spiro atoms. The lowest BCUT2D eigenvalue weighted by molar-refractivity contribution is -0.138. The van der Waals surface area contributed by atoms with Gasteiger partial charge >= 0.3 is 11.7 Å². The van der Waals surface area contributed by atoms with Crippen LogP contribution in [0.4, 0.5) is 0 Å². The fraction of sp³-hybridized carbons (Fsp3) is 0.250. The van der Waals surface area contributed by atoms with Crippen LogP contribution in [0.1, 0.15) is 17.4 Å². The first-order valence-corrected chi connectivity index (χ1v) is 4.27. The predicted octanol–water partition coefficient (Wildman–Crippen LogP) is -1.73. The summed E-state index contributed by atoms with van der Waals surface area (Å²) in [6.07, 6.45) is 0. The van der Waals surface area contributed by atoms with Gasteiger partial charge in [0.15, 0.2) is 0 Å². The van der Waals surface area contributed by atoms with Gasteiger partial charge in [-0.05, 0) is 6.92 Å². The molecule has 0 radical (unpaired) electrons. The van der Waals surface area contributed by atoms with Crippen LogP contribution in [0.2, 0.25) is 0 Å². The second-order valence-corrected chi connectivity index (χ2v) is 3.03. The Bertz CT molecular complexity index is 501. The Morgan fingerprint density at radius 2 is 2.00 bits per heavy atom. The van der Waals surface area contributed by atoms with Crippen LogP contribution in [0.3, 0.4) is 0 Å². The first kappa shape index (κ1) is 11.7. The SMILES string of the molecule is C[C@@H](NC(=O)c1cc(=O)[nH]c(=O)[nH]1)C(=O)O. The molecule has 0 aliphatic carbocycles. The molecule has 0 aromatic carbocycles.